The average molecular weight is 478 g/mol. The lowest BCUT2D eigenvalue weighted by atomic mass is 9.94. The molecule has 1 N–H and O–H groups in total. The summed E-state index contributed by atoms with van der Waals surface area (Å²) in [6.07, 6.45) is 5.55. The fraction of sp³-hybridized carbons (Fsp3) is 0.296. The number of carbonyl (C=O) groups is 1. The molecule has 3 aromatic heterocycles. The van der Waals surface area contributed by atoms with Crippen LogP contribution in [0, 0.1) is 0 Å². The Morgan fingerprint density at radius 1 is 1.09 bits per heavy atom. The Hall–Kier alpha value is -3.22. The minimum atomic E-state index is -0.597. The number of esters is 1. The third-order valence-corrected chi connectivity index (χ3v) is 5.77. The minimum Gasteiger partial charge on any atom is -0.459 e. The highest BCUT2D eigenvalue weighted by Crippen LogP contribution is 2.32. The fourth-order valence-electron chi connectivity index (χ4n) is 3.95. The van der Waals surface area contributed by atoms with Gasteiger partial charge in [0.1, 0.15) is 23.3 Å². The molecule has 0 saturated carbocycles. The molecule has 4 aromatic rings. The van der Waals surface area contributed by atoms with Crippen LogP contribution in [0.4, 0.5) is 0 Å². The average Bonchev–Trinajstić information content (AvgIpc) is 3.23. The lowest BCUT2D eigenvalue weighted by molar-refractivity contribution is -0.156. The molecule has 34 heavy (non-hydrogen) atoms. The van der Waals surface area contributed by atoms with Crippen LogP contribution >= 0.6 is 11.6 Å². The van der Waals surface area contributed by atoms with Crippen molar-refractivity contribution in [3.05, 3.63) is 94.5 Å². The number of fused-ring (bicyclic) bond motifs is 1. The molecular formula is C27H28ClN3O3. The first kappa shape index (κ1) is 23.9. The second kappa shape index (κ2) is 9.95. The van der Waals surface area contributed by atoms with Crippen molar-refractivity contribution in [2.75, 3.05) is 7.11 Å². The molecule has 2 atom stereocenters. The van der Waals surface area contributed by atoms with Crippen molar-refractivity contribution < 1.29 is 14.3 Å². The number of ether oxygens (including phenoxy) is 2. The van der Waals surface area contributed by atoms with Gasteiger partial charge in [-0.15, -0.1) is 0 Å². The summed E-state index contributed by atoms with van der Waals surface area (Å²) >= 11 is 6.03. The number of methoxy groups -OCH3 is 1. The molecular weight excluding hydrogens is 450 g/mol. The molecule has 1 aromatic carbocycles. The number of carbonyl (C=O) groups excluding carboxylic acids is 1. The number of hydrogen-bond donors (Lipinski definition) is 1. The molecule has 0 aliphatic carbocycles. The van der Waals surface area contributed by atoms with Gasteiger partial charge >= 0.3 is 5.97 Å². The van der Waals surface area contributed by atoms with Crippen molar-refractivity contribution in [2.45, 2.75) is 44.8 Å². The third kappa shape index (κ3) is 5.46. The molecule has 3 heterocycles. The van der Waals surface area contributed by atoms with Crippen molar-refractivity contribution >= 4 is 28.6 Å². The quantitative estimate of drug-likeness (QED) is 0.329. The SMILES string of the molecule is COC(c1ccc(C(Cc2ccc(Cl)cc2)C(=O)OC(C)(C)C)nc1)c1c[nH]c2ncccc12. The Labute approximate surface area is 204 Å². The van der Waals surface area contributed by atoms with Crippen LogP contribution in [-0.4, -0.2) is 33.6 Å². The topological polar surface area (TPSA) is 77.1 Å². The van der Waals surface area contributed by atoms with E-state index in [4.69, 9.17) is 21.1 Å². The van der Waals surface area contributed by atoms with Gasteiger partial charge in [0.25, 0.3) is 0 Å². The molecule has 0 fully saturated rings. The van der Waals surface area contributed by atoms with E-state index in [1.165, 1.54) is 0 Å². The zero-order valence-corrected chi connectivity index (χ0v) is 20.5. The summed E-state index contributed by atoms with van der Waals surface area (Å²) < 4.78 is 11.5. The van der Waals surface area contributed by atoms with Crippen LogP contribution in [0.2, 0.25) is 5.02 Å². The predicted octanol–water partition coefficient (Wildman–Crippen LogP) is 6.02. The van der Waals surface area contributed by atoms with Crippen LogP contribution in [0.25, 0.3) is 11.0 Å². The zero-order valence-electron chi connectivity index (χ0n) is 19.7. The van der Waals surface area contributed by atoms with E-state index in [1.54, 1.807) is 19.5 Å². The molecule has 0 aliphatic rings. The highest BCUT2D eigenvalue weighted by Gasteiger charge is 2.28. The number of hydrogen-bond acceptors (Lipinski definition) is 5. The first-order valence-corrected chi connectivity index (χ1v) is 11.5. The van der Waals surface area contributed by atoms with E-state index in [0.717, 1.165) is 27.7 Å². The number of rotatable bonds is 7. The van der Waals surface area contributed by atoms with Gasteiger partial charge in [-0.05, 0) is 63.1 Å². The number of halogens is 1. The third-order valence-electron chi connectivity index (χ3n) is 5.51. The number of nitrogens with one attached hydrogen (secondary N) is 1. The Morgan fingerprint density at radius 2 is 1.85 bits per heavy atom. The standard InChI is InChI=1S/C27H28ClN3O3/c1-27(2,3)34-26(32)21(14-17-7-10-19(28)11-8-17)23-12-9-18(15-30-23)24(33-4)22-16-31-25-20(22)6-5-13-29-25/h5-13,15-16,21,24H,14H2,1-4H3,(H,29,31). The highest BCUT2D eigenvalue weighted by molar-refractivity contribution is 6.30. The van der Waals surface area contributed by atoms with Crippen LogP contribution in [-0.2, 0) is 20.7 Å². The van der Waals surface area contributed by atoms with Crippen LogP contribution < -0.4 is 0 Å². The number of pyridine rings is 2. The molecule has 4 rings (SSSR count). The van der Waals surface area contributed by atoms with Gasteiger partial charge in [0, 0.05) is 47.2 Å². The molecule has 2 unspecified atom stereocenters. The summed E-state index contributed by atoms with van der Waals surface area (Å²) in [5.74, 6) is -0.860. The van der Waals surface area contributed by atoms with Crippen molar-refractivity contribution in [1.29, 1.82) is 0 Å². The Bertz CT molecular complexity index is 1260. The summed E-state index contributed by atoms with van der Waals surface area (Å²) in [4.78, 5) is 25.3. The van der Waals surface area contributed by atoms with Crippen LogP contribution in [0.15, 0.2) is 67.1 Å². The van der Waals surface area contributed by atoms with Gasteiger partial charge in [-0.2, -0.15) is 0 Å². The summed E-state index contributed by atoms with van der Waals surface area (Å²) in [7, 11) is 1.66. The molecule has 7 heteroatoms. The van der Waals surface area contributed by atoms with E-state index in [1.807, 2.05) is 75.5 Å². The van der Waals surface area contributed by atoms with E-state index in [0.29, 0.717) is 17.1 Å². The van der Waals surface area contributed by atoms with Crippen molar-refractivity contribution in [2.24, 2.45) is 0 Å². The molecule has 176 valence electrons. The second-order valence-electron chi connectivity index (χ2n) is 9.19. The first-order chi connectivity index (χ1) is 16.2. The number of aromatic nitrogens is 3. The van der Waals surface area contributed by atoms with Crippen molar-refractivity contribution in [1.82, 2.24) is 15.0 Å². The highest BCUT2D eigenvalue weighted by atomic mass is 35.5. The van der Waals surface area contributed by atoms with E-state index in [9.17, 15) is 4.79 Å². The molecule has 0 amide bonds. The first-order valence-electron chi connectivity index (χ1n) is 11.1. The number of benzene rings is 1. The molecule has 0 radical (unpaired) electrons. The fourth-order valence-corrected chi connectivity index (χ4v) is 4.08. The molecule has 0 bridgehead atoms. The predicted molar refractivity (Wildman–Crippen MR) is 133 cm³/mol. The van der Waals surface area contributed by atoms with Gasteiger partial charge in [-0.1, -0.05) is 29.8 Å². The summed E-state index contributed by atoms with van der Waals surface area (Å²) in [5.41, 5.74) is 3.68. The maximum Gasteiger partial charge on any atom is 0.315 e. The van der Waals surface area contributed by atoms with Crippen LogP contribution in [0.1, 0.15) is 55.2 Å². The van der Waals surface area contributed by atoms with E-state index >= 15 is 0 Å². The van der Waals surface area contributed by atoms with Gasteiger partial charge in [-0.25, -0.2) is 4.98 Å². The lowest BCUT2D eigenvalue weighted by Gasteiger charge is -2.24. The number of H-pyrrole nitrogens is 1. The Balaban J connectivity index is 1.64. The van der Waals surface area contributed by atoms with E-state index in [2.05, 4.69) is 15.0 Å². The van der Waals surface area contributed by atoms with E-state index < -0.39 is 11.5 Å². The molecule has 0 saturated heterocycles. The summed E-state index contributed by atoms with van der Waals surface area (Å²) in [6.45, 7) is 5.58. The maximum atomic E-state index is 13.1. The Kier molecular flexibility index (Phi) is 7.00. The van der Waals surface area contributed by atoms with Crippen LogP contribution in [0.3, 0.4) is 0 Å². The largest absolute Gasteiger partial charge is 0.459 e. The zero-order chi connectivity index (χ0) is 24.3. The Morgan fingerprint density at radius 3 is 2.50 bits per heavy atom. The molecule has 6 nitrogen and oxygen atoms in total. The maximum absolute atomic E-state index is 13.1. The summed E-state index contributed by atoms with van der Waals surface area (Å²) in [6, 6.07) is 15.2. The van der Waals surface area contributed by atoms with Gasteiger partial charge in [-0.3, -0.25) is 9.78 Å². The lowest BCUT2D eigenvalue weighted by Crippen LogP contribution is -2.29. The smallest absolute Gasteiger partial charge is 0.315 e. The van der Waals surface area contributed by atoms with Gasteiger partial charge in [0.2, 0.25) is 0 Å². The molecule has 0 spiro atoms. The number of aromatic amines is 1. The van der Waals surface area contributed by atoms with Gasteiger partial charge in [0.05, 0.1) is 5.69 Å². The normalized spacial score (nSPS) is 13.6. The van der Waals surface area contributed by atoms with Crippen molar-refractivity contribution in [3.63, 3.8) is 0 Å². The monoisotopic (exact) mass is 477 g/mol. The minimum absolute atomic E-state index is 0.311. The summed E-state index contributed by atoms with van der Waals surface area (Å²) in [5, 5.41) is 1.64. The van der Waals surface area contributed by atoms with Crippen LogP contribution in [0.5, 0.6) is 0 Å². The van der Waals surface area contributed by atoms with Gasteiger partial charge < -0.3 is 14.5 Å². The van der Waals surface area contributed by atoms with Crippen molar-refractivity contribution in [3.8, 4) is 0 Å². The van der Waals surface area contributed by atoms with E-state index in [-0.39, 0.29) is 12.1 Å². The number of nitrogens with zero attached hydrogens (tertiary/aromatic N) is 2. The second-order valence-corrected chi connectivity index (χ2v) is 9.63. The van der Waals surface area contributed by atoms with Gasteiger partial charge in [0.15, 0.2) is 0 Å². The molecule has 0 aliphatic heterocycles.